The molecule has 38 heavy (non-hydrogen) atoms. The normalized spacial score (nSPS) is 17.1. The molecule has 4 aromatic rings. The first-order chi connectivity index (χ1) is 18.5. The lowest BCUT2D eigenvalue weighted by molar-refractivity contribution is -0.118. The summed E-state index contributed by atoms with van der Waals surface area (Å²) < 4.78 is 54.1. The van der Waals surface area contributed by atoms with Crippen LogP contribution in [0.4, 0.5) is 24.5 Å². The Hall–Kier alpha value is -4.11. The third-order valence-electron chi connectivity index (χ3n) is 7.01. The standard InChI is InChI=1S/C29H24F3N3O3/c30-17-14-22(26(32)23(31)15-17)19-5-3-6-21-27(19)33-16-24(28(21)35-9-12-37-13-10-35)34-29(36)20-8-11-38-25-7-2-1-4-18(20)25/h1-7,14-16,20H,8-13H2,(H,34,36)/t20-/m1/s1. The molecule has 3 heterocycles. The van der Waals surface area contributed by atoms with Gasteiger partial charge in [-0.2, -0.15) is 0 Å². The number of amides is 1. The number of carbonyl (C=O) groups is 1. The molecule has 6 nitrogen and oxygen atoms in total. The van der Waals surface area contributed by atoms with Gasteiger partial charge in [0.25, 0.3) is 0 Å². The number of halogens is 3. The number of fused-ring (bicyclic) bond motifs is 2. The highest BCUT2D eigenvalue weighted by molar-refractivity contribution is 6.08. The van der Waals surface area contributed by atoms with Crippen LogP contribution in [0.3, 0.4) is 0 Å². The van der Waals surface area contributed by atoms with Crippen molar-refractivity contribution >= 4 is 28.2 Å². The zero-order valence-electron chi connectivity index (χ0n) is 20.3. The first-order valence-corrected chi connectivity index (χ1v) is 12.4. The molecule has 194 valence electrons. The molecule has 1 aromatic heterocycles. The van der Waals surface area contributed by atoms with Crippen LogP contribution in [0.5, 0.6) is 5.75 Å². The van der Waals surface area contributed by atoms with E-state index in [0.29, 0.717) is 73.4 Å². The summed E-state index contributed by atoms with van der Waals surface area (Å²) in [6.07, 6.45) is 2.05. The number of hydrogen-bond acceptors (Lipinski definition) is 5. The predicted octanol–water partition coefficient (Wildman–Crippen LogP) is 5.66. The third kappa shape index (κ3) is 4.32. The zero-order valence-corrected chi connectivity index (χ0v) is 20.3. The first-order valence-electron chi connectivity index (χ1n) is 12.4. The Morgan fingerprint density at radius 2 is 1.79 bits per heavy atom. The Balaban J connectivity index is 1.46. The van der Waals surface area contributed by atoms with Crippen LogP contribution in [-0.4, -0.2) is 43.8 Å². The molecule has 1 saturated heterocycles. The van der Waals surface area contributed by atoms with Crippen LogP contribution in [0.2, 0.25) is 0 Å². The first kappa shape index (κ1) is 24.2. The monoisotopic (exact) mass is 519 g/mol. The Bertz CT molecular complexity index is 1540. The number of morpholine rings is 1. The van der Waals surface area contributed by atoms with E-state index in [9.17, 15) is 18.0 Å². The molecule has 0 saturated carbocycles. The molecule has 0 aliphatic carbocycles. The summed E-state index contributed by atoms with van der Waals surface area (Å²) in [4.78, 5) is 20.2. The van der Waals surface area contributed by atoms with Crippen LogP contribution in [0.15, 0.2) is 60.8 Å². The lowest BCUT2D eigenvalue weighted by atomic mass is 9.92. The summed E-state index contributed by atoms with van der Waals surface area (Å²) in [7, 11) is 0. The minimum atomic E-state index is -1.27. The smallest absolute Gasteiger partial charge is 0.232 e. The van der Waals surface area contributed by atoms with Gasteiger partial charge in [0.05, 0.1) is 48.8 Å². The van der Waals surface area contributed by atoms with Gasteiger partial charge in [0.1, 0.15) is 11.6 Å². The molecule has 1 amide bonds. The highest BCUT2D eigenvalue weighted by atomic mass is 19.2. The highest BCUT2D eigenvalue weighted by Gasteiger charge is 2.29. The molecule has 1 fully saturated rings. The Morgan fingerprint density at radius 3 is 2.63 bits per heavy atom. The summed E-state index contributed by atoms with van der Waals surface area (Å²) in [5.41, 5.74) is 2.42. The van der Waals surface area contributed by atoms with E-state index in [4.69, 9.17) is 9.47 Å². The Kier molecular flexibility index (Phi) is 6.37. The van der Waals surface area contributed by atoms with Crippen molar-refractivity contribution in [3.63, 3.8) is 0 Å². The van der Waals surface area contributed by atoms with Crippen molar-refractivity contribution in [3.05, 3.63) is 83.8 Å². The van der Waals surface area contributed by atoms with Crippen molar-refractivity contribution in [2.75, 3.05) is 43.1 Å². The van der Waals surface area contributed by atoms with Gasteiger partial charge in [-0.3, -0.25) is 9.78 Å². The van der Waals surface area contributed by atoms with Crippen molar-refractivity contribution in [2.24, 2.45) is 0 Å². The van der Waals surface area contributed by atoms with E-state index < -0.39 is 23.4 Å². The fourth-order valence-corrected chi connectivity index (χ4v) is 5.23. The van der Waals surface area contributed by atoms with Crippen LogP contribution in [0, 0.1) is 17.5 Å². The fourth-order valence-electron chi connectivity index (χ4n) is 5.23. The quantitative estimate of drug-likeness (QED) is 0.353. The minimum absolute atomic E-state index is 0.189. The molecule has 3 aromatic carbocycles. The number of rotatable bonds is 4. The number of ether oxygens (including phenoxy) is 2. The molecule has 0 radical (unpaired) electrons. The average Bonchev–Trinajstić information content (AvgIpc) is 2.94. The van der Waals surface area contributed by atoms with E-state index >= 15 is 0 Å². The van der Waals surface area contributed by atoms with Gasteiger partial charge in [-0.05, 0) is 18.6 Å². The molecule has 1 N–H and O–H groups in total. The van der Waals surface area contributed by atoms with Crippen molar-refractivity contribution < 1.29 is 27.4 Å². The fraction of sp³-hybridized carbons (Fsp3) is 0.241. The molecule has 0 spiro atoms. The van der Waals surface area contributed by atoms with Crippen LogP contribution in [-0.2, 0) is 9.53 Å². The SMILES string of the molecule is O=C(Nc1cnc2c(-c3cc(F)cc(F)c3F)cccc2c1N1CCOCC1)[C@@H]1CCOc2ccccc21. The number of benzene rings is 3. The maximum Gasteiger partial charge on any atom is 0.232 e. The second kappa shape index (κ2) is 9.98. The molecule has 0 unspecified atom stereocenters. The summed E-state index contributed by atoms with van der Waals surface area (Å²) in [5.74, 6) is -3.20. The van der Waals surface area contributed by atoms with Gasteiger partial charge >= 0.3 is 0 Å². The molecule has 0 bridgehead atoms. The number of nitrogens with zero attached hydrogens (tertiary/aromatic N) is 2. The van der Waals surface area contributed by atoms with Gasteiger partial charge in [0.15, 0.2) is 11.6 Å². The van der Waals surface area contributed by atoms with Gasteiger partial charge in [-0.25, -0.2) is 13.2 Å². The van der Waals surface area contributed by atoms with Gasteiger partial charge < -0.3 is 19.7 Å². The number of carbonyl (C=O) groups excluding carboxylic acids is 1. The zero-order chi connectivity index (χ0) is 26.2. The summed E-state index contributed by atoms with van der Waals surface area (Å²) in [5, 5.41) is 3.69. The number of hydrogen-bond donors (Lipinski definition) is 1. The van der Waals surface area contributed by atoms with Gasteiger partial charge in [-0.1, -0.05) is 36.4 Å². The minimum Gasteiger partial charge on any atom is -0.493 e. The molecule has 1 atom stereocenters. The largest absolute Gasteiger partial charge is 0.493 e. The molecular formula is C29H24F3N3O3. The summed E-state index contributed by atoms with van der Waals surface area (Å²) in [6, 6.07) is 14.0. The van der Waals surface area contributed by atoms with Crippen LogP contribution >= 0.6 is 0 Å². The lowest BCUT2D eigenvalue weighted by Gasteiger charge is -2.32. The highest BCUT2D eigenvalue weighted by Crippen LogP contribution is 2.40. The Morgan fingerprint density at radius 1 is 0.974 bits per heavy atom. The van der Waals surface area contributed by atoms with Crippen LogP contribution in [0.25, 0.3) is 22.0 Å². The molecule has 9 heteroatoms. The topological polar surface area (TPSA) is 63.7 Å². The van der Waals surface area contributed by atoms with Crippen molar-refractivity contribution in [1.29, 1.82) is 0 Å². The van der Waals surface area contributed by atoms with Gasteiger partial charge in [-0.15, -0.1) is 0 Å². The van der Waals surface area contributed by atoms with E-state index in [1.165, 1.54) is 6.20 Å². The average molecular weight is 520 g/mol. The second-order valence-electron chi connectivity index (χ2n) is 9.29. The van der Waals surface area contributed by atoms with Crippen molar-refractivity contribution in [3.8, 4) is 16.9 Å². The predicted molar refractivity (Wildman–Crippen MR) is 138 cm³/mol. The second-order valence-corrected chi connectivity index (χ2v) is 9.29. The molecular weight excluding hydrogens is 495 g/mol. The van der Waals surface area contributed by atoms with Crippen LogP contribution < -0.4 is 15.0 Å². The summed E-state index contributed by atoms with van der Waals surface area (Å²) >= 11 is 0. The number of aromatic nitrogens is 1. The van der Waals surface area contributed by atoms with Crippen molar-refractivity contribution in [1.82, 2.24) is 4.98 Å². The van der Waals surface area contributed by atoms with Crippen molar-refractivity contribution in [2.45, 2.75) is 12.3 Å². The number of para-hydroxylation sites is 2. The maximum absolute atomic E-state index is 14.8. The summed E-state index contributed by atoms with van der Waals surface area (Å²) in [6.45, 7) is 2.55. The Labute approximate surface area is 217 Å². The van der Waals surface area contributed by atoms with E-state index in [0.717, 1.165) is 11.6 Å². The van der Waals surface area contributed by atoms with Gasteiger partial charge in [0.2, 0.25) is 5.91 Å². The molecule has 2 aliphatic heterocycles. The number of nitrogens with one attached hydrogen (secondary N) is 1. The number of anilines is 2. The lowest BCUT2D eigenvalue weighted by Crippen LogP contribution is -2.37. The molecule has 2 aliphatic rings. The van der Waals surface area contributed by atoms with Crippen LogP contribution in [0.1, 0.15) is 17.9 Å². The molecule has 6 rings (SSSR count). The van der Waals surface area contributed by atoms with Gasteiger partial charge in [0, 0.05) is 41.2 Å². The van der Waals surface area contributed by atoms with E-state index in [2.05, 4.69) is 15.2 Å². The third-order valence-corrected chi connectivity index (χ3v) is 7.01. The van der Waals surface area contributed by atoms with E-state index in [-0.39, 0.29) is 17.0 Å². The number of pyridine rings is 1. The van der Waals surface area contributed by atoms with E-state index in [1.807, 2.05) is 30.3 Å². The van der Waals surface area contributed by atoms with E-state index in [1.54, 1.807) is 12.1 Å². The maximum atomic E-state index is 14.8.